The number of hydrogen-bond donors (Lipinski definition) is 2. The molecule has 3 rings (SSSR count). The first-order valence-corrected chi connectivity index (χ1v) is 11.2. The highest BCUT2D eigenvalue weighted by Crippen LogP contribution is 2.30. The van der Waals surface area contributed by atoms with Crippen molar-refractivity contribution in [3.63, 3.8) is 0 Å². The summed E-state index contributed by atoms with van der Waals surface area (Å²) in [5, 5.41) is 14.1. The first-order valence-electron chi connectivity index (χ1n) is 10.4. The number of hydrogen-bond acceptors (Lipinski definition) is 6. The molecule has 180 valence electrons. The lowest BCUT2D eigenvalue weighted by Crippen LogP contribution is -2.47. The Balaban J connectivity index is 1.75. The number of carbonyl (C=O) groups excluding carboxylic acids is 2. The SMILES string of the molecule is CCC(C)C(NC(=O)c1cccc(C(F)(F)F)c1)C(=O)Nc1nnc(-c2cccc(OC)c2)s1. The number of halogens is 3. The van der Waals surface area contributed by atoms with E-state index in [1.807, 2.05) is 13.0 Å². The predicted octanol–water partition coefficient (Wildman–Crippen LogP) is 5.02. The number of rotatable bonds is 8. The van der Waals surface area contributed by atoms with Crippen LogP contribution in [0, 0.1) is 5.92 Å². The van der Waals surface area contributed by atoms with Gasteiger partial charge in [0.1, 0.15) is 16.8 Å². The molecule has 1 aromatic heterocycles. The van der Waals surface area contributed by atoms with Gasteiger partial charge < -0.3 is 10.1 Å². The van der Waals surface area contributed by atoms with Crippen LogP contribution in [-0.4, -0.2) is 35.2 Å². The molecule has 7 nitrogen and oxygen atoms in total. The predicted molar refractivity (Wildman–Crippen MR) is 123 cm³/mol. The summed E-state index contributed by atoms with van der Waals surface area (Å²) in [7, 11) is 1.55. The number of anilines is 1. The van der Waals surface area contributed by atoms with Gasteiger partial charge in [0, 0.05) is 11.1 Å². The summed E-state index contributed by atoms with van der Waals surface area (Å²) in [6.07, 6.45) is -4.03. The Hall–Kier alpha value is -3.47. The summed E-state index contributed by atoms with van der Waals surface area (Å²) >= 11 is 1.14. The zero-order valence-electron chi connectivity index (χ0n) is 18.6. The Labute approximate surface area is 198 Å². The van der Waals surface area contributed by atoms with Crippen LogP contribution >= 0.6 is 11.3 Å². The van der Waals surface area contributed by atoms with Crippen molar-refractivity contribution in [1.82, 2.24) is 15.5 Å². The number of methoxy groups -OCH3 is 1. The molecule has 11 heteroatoms. The lowest BCUT2D eigenvalue weighted by molar-refractivity contribution is -0.137. The quantitative estimate of drug-likeness (QED) is 0.461. The van der Waals surface area contributed by atoms with Gasteiger partial charge in [-0.1, -0.05) is 49.8 Å². The van der Waals surface area contributed by atoms with E-state index >= 15 is 0 Å². The van der Waals surface area contributed by atoms with Crippen LogP contribution in [0.2, 0.25) is 0 Å². The lowest BCUT2D eigenvalue weighted by Gasteiger charge is -2.23. The smallest absolute Gasteiger partial charge is 0.416 e. The molecule has 2 aromatic carbocycles. The molecule has 2 unspecified atom stereocenters. The van der Waals surface area contributed by atoms with Gasteiger partial charge in [-0.25, -0.2) is 0 Å². The third-order valence-corrected chi connectivity index (χ3v) is 6.09. The molecule has 0 spiro atoms. The van der Waals surface area contributed by atoms with Crippen molar-refractivity contribution in [3.05, 3.63) is 59.7 Å². The first kappa shape index (κ1) is 25.2. The average molecular weight is 493 g/mol. The van der Waals surface area contributed by atoms with Crippen molar-refractivity contribution in [2.75, 3.05) is 12.4 Å². The van der Waals surface area contributed by atoms with Crippen LogP contribution in [0.5, 0.6) is 5.75 Å². The summed E-state index contributed by atoms with van der Waals surface area (Å²) in [5.74, 6) is -0.961. The third kappa shape index (κ3) is 6.10. The molecule has 0 bridgehead atoms. The molecule has 2 atom stereocenters. The van der Waals surface area contributed by atoms with Gasteiger partial charge >= 0.3 is 6.18 Å². The fourth-order valence-electron chi connectivity index (χ4n) is 3.09. The van der Waals surface area contributed by atoms with E-state index in [-0.39, 0.29) is 16.6 Å². The normalized spacial score (nSPS) is 13.1. The largest absolute Gasteiger partial charge is 0.497 e. The van der Waals surface area contributed by atoms with E-state index in [1.165, 1.54) is 6.07 Å². The molecule has 0 fully saturated rings. The Morgan fingerprint density at radius 3 is 2.53 bits per heavy atom. The van der Waals surface area contributed by atoms with Crippen LogP contribution in [0.25, 0.3) is 10.6 Å². The maximum Gasteiger partial charge on any atom is 0.416 e. The molecule has 0 aliphatic heterocycles. The van der Waals surface area contributed by atoms with Crippen LogP contribution in [0.4, 0.5) is 18.3 Å². The number of amides is 2. The van der Waals surface area contributed by atoms with Crippen LogP contribution in [0.1, 0.15) is 36.2 Å². The van der Waals surface area contributed by atoms with Crippen molar-refractivity contribution in [1.29, 1.82) is 0 Å². The molecule has 34 heavy (non-hydrogen) atoms. The van der Waals surface area contributed by atoms with Crippen molar-refractivity contribution in [3.8, 4) is 16.3 Å². The van der Waals surface area contributed by atoms with Gasteiger partial charge in [0.05, 0.1) is 12.7 Å². The Morgan fingerprint density at radius 1 is 1.12 bits per heavy atom. The third-order valence-electron chi connectivity index (χ3n) is 5.21. The van der Waals surface area contributed by atoms with Gasteiger partial charge in [-0.2, -0.15) is 13.2 Å². The maximum absolute atomic E-state index is 13.0. The minimum Gasteiger partial charge on any atom is -0.497 e. The Kier molecular flexibility index (Phi) is 7.87. The van der Waals surface area contributed by atoms with Gasteiger partial charge in [-0.05, 0) is 36.2 Å². The number of benzene rings is 2. The van der Waals surface area contributed by atoms with Crippen molar-refractivity contribution in [2.24, 2.45) is 5.92 Å². The zero-order chi connectivity index (χ0) is 24.9. The second-order valence-corrected chi connectivity index (χ2v) is 8.53. The van der Waals surface area contributed by atoms with E-state index in [9.17, 15) is 22.8 Å². The number of nitrogens with zero attached hydrogens (tertiary/aromatic N) is 2. The van der Waals surface area contributed by atoms with E-state index in [4.69, 9.17) is 4.74 Å². The first-order chi connectivity index (χ1) is 16.1. The fourth-order valence-corrected chi connectivity index (χ4v) is 3.84. The minimum absolute atomic E-state index is 0.188. The number of ether oxygens (including phenoxy) is 1. The average Bonchev–Trinajstić information content (AvgIpc) is 3.29. The molecule has 0 radical (unpaired) electrons. The van der Waals surface area contributed by atoms with Crippen LogP contribution in [0.3, 0.4) is 0 Å². The van der Waals surface area contributed by atoms with Crippen LogP contribution in [0.15, 0.2) is 48.5 Å². The molecular formula is C23H23F3N4O3S. The van der Waals surface area contributed by atoms with Crippen molar-refractivity contribution in [2.45, 2.75) is 32.5 Å². The molecular weight excluding hydrogens is 469 g/mol. The standard InChI is InChI=1S/C23H23F3N4O3S/c1-4-13(2)18(27-19(31)14-7-5-9-16(11-14)23(24,25)26)20(32)28-22-30-29-21(34-22)15-8-6-10-17(12-15)33-3/h5-13,18H,4H2,1-3H3,(H,27,31)(H,28,30,32). The van der Waals surface area contributed by atoms with E-state index in [2.05, 4.69) is 20.8 Å². The summed E-state index contributed by atoms with van der Waals surface area (Å²) in [6, 6.07) is 10.3. The summed E-state index contributed by atoms with van der Waals surface area (Å²) in [6.45, 7) is 3.60. The van der Waals surface area contributed by atoms with Crippen LogP contribution in [-0.2, 0) is 11.0 Å². The highest BCUT2D eigenvalue weighted by molar-refractivity contribution is 7.18. The van der Waals surface area contributed by atoms with E-state index < -0.39 is 29.6 Å². The molecule has 0 saturated heterocycles. The van der Waals surface area contributed by atoms with Crippen molar-refractivity contribution < 1.29 is 27.5 Å². The van der Waals surface area contributed by atoms with E-state index in [0.29, 0.717) is 17.2 Å². The Morgan fingerprint density at radius 2 is 1.85 bits per heavy atom. The maximum atomic E-state index is 13.0. The van der Waals surface area contributed by atoms with E-state index in [0.717, 1.165) is 35.1 Å². The summed E-state index contributed by atoms with van der Waals surface area (Å²) in [4.78, 5) is 25.6. The van der Waals surface area contributed by atoms with Gasteiger partial charge in [0.25, 0.3) is 5.91 Å². The van der Waals surface area contributed by atoms with E-state index in [1.54, 1.807) is 32.2 Å². The lowest BCUT2D eigenvalue weighted by atomic mass is 9.97. The van der Waals surface area contributed by atoms with Gasteiger partial charge in [0.15, 0.2) is 0 Å². The molecule has 0 saturated carbocycles. The van der Waals surface area contributed by atoms with Gasteiger partial charge in [-0.3, -0.25) is 14.9 Å². The number of carbonyl (C=O) groups is 2. The van der Waals surface area contributed by atoms with Crippen molar-refractivity contribution >= 4 is 28.3 Å². The molecule has 1 heterocycles. The van der Waals surface area contributed by atoms with Gasteiger partial charge in [-0.15, -0.1) is 10.2 Å². The topological polar surface area (TPSA) is 93.2 Å². The van der Waals surface area contributed by atoms with Crippen LogP contribution < -0.4 is 15.4 Å². The molecule has 3 aromatic rings. The highest BCUT2D eigenvalue weighted by Gasteiger charge is 2.32. The number of alkyl halides is 3. The number of aromatic nitrogens is 2. The Bertz CT molecular complexity index is 1170. The second kappa shape index (κ2) is 10.6. The molecule has 2 N–H and O–H groups in total. The zero-order valence-corrected chi connectivity index (χ0v) is 19.5. The monoisotopic (exact) mass is 492 g/mol. The fraction of sp³-hybridized carbons (Fsp3) is 0.304. The summed E-state index contributed by atoms with van der Waals surface area (Å²) in [5.41, 5.74) is -0.371. The molecule has 2 amide bonds. The summed E-state index contributed by atoms with van der Waals surface area (Å²) < 4.78 is 44.2. The number of nitrogens with one attached hydrogen (secondary N) is 2. The highest BCUT2D eigenvalue weighted by atomic mass is 32.1. The second-order valence-electron chi connectivity index (χ2n) is 7.55. The molecule has 0 aliphatic rings. The molecule has 0 aliphatic carbocycles. The minimum atomic E-state index is -4.58. The van der Waals surface area contributed by atoms with Gasteiger partial charge in [0.2, 0.25) is 11.0 Å².